The molecule has 0 amide bonds. The molecule has 0 aliphatic rings. The molecule has 1 rings (SSSR count). The number of nitro benzene ring substituents is 1. The summed E-state index contributed by atoms with van der Waals surface area (Å²) in [4.78, 5) is 9.72. The molecule has 0 heterocycles. The first kappa shape index (κ1) is 14.2. The molecule has 1 unspecified atom stereocenters. The summed E-state index contributed by atoms with van der Waals surface area (Å²) in [6, 6.07) is 2.65. The van der Waals surface area contributed by atoms with Gasteiger partial charge in [-0.1, -0.05) is 0 Å². The second-order valence-corrected chi connectivity index (χ2v) is 3.44. The van der Waals surface area contributed by atoms with E-state index in [0.717, 1.165) is 12.1 Å². The van der Waals surface area contributed by atoms with Crippen LogP contribution in [0.5, 0.6) is 5.75 Å². The van der Waals surface area contributed by atoms with E-state index in [2.05, 4.69) is 11.7 Å². The molecular weight excluding hydrogens is 255 g/mol. The lowest BCUT2D eigenvalue weighted by Crippen LogP contribution is -2.17. The van der Waals surface area contributed by atoms with Crippen LogP contribution in [-0.4, -0.2) is 23.0 Å². The number of non-ortho nitro benzene ring substituents is 1. The Morgan fingerprint density at radius 2 is 2.06 bits per heavy atom. The van der Waals surface area contributed by atoms with Gasteiger partial charge in [0.25, 0.3) is 5.69 Å². The highest BCUT2D eigenvalue weighted by Crippen LogP contribution is 2.30. The van der Waals surface area contributed by atoms with Crippen molar-refractivity contribution in [2.45, 2.75) is 12.3 Å². The normalized spacial score (nSPS) is 13.2. The number of aliphatic hydroxyl groups is 1. The summed E-state index contributed by atoms with van der Waals surface area (Å²) in [5.74, 6) is -1.49. The van der Waals surface area contributed by atoms with E-state index < -0.39 is 35.2 Å². The van der Waals surface area contributed by atoms with E-state index in [-0.39, 0.29) is 5.56 Å². The van der Waals surface area contributed by atoms with E-state index >= 15 is 0 Å². The quantitative estimate of drug-likeness (QED) is 0.669. The number of halogens is 3. The van der Waals surface area contributed by atoms with Gasteiger partial charge >= 0.3 is 6.36 Å². The molecule has 1 aromatic carbocycles. The highest BCUT2D eigenvalue weighted by molar-refractivity contribution is 5.44. The zero-order chi connectivity index (χ0) is 13.9. The Labute approximate surface area is 99.9 Å². The Balaban J connectivity index is 3.18. The Hall–Kier alpha value is -1.83. The molecule has 0 aromatic heterocycles. The van der Waals surface area contributed by atoms with Crippen molar-refractivity contribution in [1.82, 2.24) is 0 Å². The second kappa shape index (κ2) is 5.21. The smallest absolute Gasteiger partial charge is 0.406 e. The van der Waals surface area contributed by atoms with Crippen LogP contribution in [0.15, 0.2) is 18.2 Å². The van der Waals surface area contributed by atoms with Crippen molar-refractivity contribution in [2.75, 3.05) is 6.61 Å². The molecule has 18 heavy (non-hydrogen) atoms. The lowest BCUT2D eigenvalue weighted by Gasteiger charge is -2.12. The van der Waals surface area contributed by atoms with Gasteiger partial charge in [0.15, 0.2) is 0 Å². The third kappa shape index (κ3) is 3.88. The molecule has 0 bridgehead atoms. The van der Waals surface area contributed by atoms with Gasteiger partial charge in [0.05, 0.1) is 11.0 Å². The number of hydrogen-bond acceptors (Lipinski definition) is 4. The predicted molar refractivity (Wildman–Crippen MR) is 55.0 cm³/mol. The summed E-state index contributed by atoms with van der Waals surface area (Å²) in [5.41, 5.74) is -0.472. The molecule has 1 atom stereocenters. The minimum Gasteiger partial charge on any atom is -0.406 e. The Kier molecular flexibility index (Phi) is 4.12. The summed E-state index contributed by atoms with van der Waals surface area (Å²) < 4.78 is 39.7. The minimum absolute atomic E-state index is 0.0888. The summed E-state index contributed by atoms with van der Waals surface area (Å²) in [6.07, 6.45) is -4.94. The minimum atomic E-state index is -4.94. The zero-order valence-corrected chi connectivity index (χ0v) is 8.98. The van der Waals surface area contributed by atoms with E-state index in [1.165, 1.54) is 0 Å². The molecular formula is C10H9F3NO4. The van der Waals surface area contributed by atoms with Gasteiger partial charge < -0.3 is 9.84 Å². The molecule has 99 valence electrons. The maximum absolute atomic E-state index is 12.0. The van der Waals surface area contributed by atoms with Crippen molar-refractivity contribution in [2.24, 2.45) is 0 Å². The number of rotatable bonds is 4. The van der Waals surface area contributed by atoms with Crippen molar-refractivity contribution in [1.29, 1.82) is 0 Å². The summed E-state index contributed by atoms with van der Waals surface area (Å²) in [6.45, 7) is 3.00. The van der Waals surface area contributed by atoms with Crippen LogP contribution in [0.2, 0.25) is 0 Å². The van der Waals surface area contributed by atoms with Crippen LogP contribution < -0.4 is 4.74 Å². The van der Waals surface area contributed by atoms with Gasteiger partial charge in [-0.15, -0.1) is 13.2 Å². The monoisotopic (exact) mass is 264 g/mol. The maximum Gasteiger partial charge on any atom is 0.573 e. The molecule has 0 saturated carbocycles. The largest absolute Gasteiger partial charge is 0.573 e. The van der Waals surface area contributed by atoms with Crippen molar-refractivity contribution >= 4 is 5.69 Å². The third-order valence-electron chi connectivity index (χ3n) is 2.05. The SMILES string of the molecule is [CH2]C(CO)c1cc(OC(F)(F)F)cc([N+](=O)[O-])c1. The van der Waals surface area contributed by atoms with Gasteiger partial charge in [-0.2, -0.15) is 0 Å². The summed E-state index contributed by atoms with van der Waals surface area (Å²) >= 11 is 0. The lowest BCUT2D eigenvalue weighted by atomic mass is 10.0. The number of aliphatic hydroxyl groups excluding tert-OH is 1. The van der Waals surface area contributed by atoms with Crippen LogP contribution in [-0.2, 0) is 0 Å². The topological polar surface area (TPSA) is 72.6 Å². The van der Waals surface area contributed by atoms with Gasteiger partial charge in [-0.3, -0.25) is 10.1 Å². The van der Waals surface area contributed by atoms with Crippen LogP contribution in [0.25, 0.3) is 0 Å². The molecule has 0 saturated heterocycles. The first-order valence-electron chi connectivity index (χ1n) is 4.72. The number of nitro groups is 1. The Morgan fingerprint density at radius 1 is 1.44 bits per heavy atom. The molecule has 0 spiro atoms. The van der Waals surface area contributed by atoms with Crippen LogP contribution in [0.3, 0.4) is 0 Å². The summed E-state index contributed by atoms with van der Waals surface area (Å²) in [5, 5.41) is 19.4. The van der Waals surface area contributed by atoms with E-state index in [0.29, 0.717) is 6.07 Å². The molecule has 1 aromatic rings. The van der Waals surface area contributed by atoms with Gasteiger partial charge in [0.1, 0.15) is 5.75 Å². The maximum atomic E-state index is 12.0. The first-order valence-corrected chi connectivity index (χ1v) is 4.72. The Morgan fingerprint density at radius 3 is 2.50 bits per heavy atom. The number of nitrogens with zero attached hydrogens (tertiary/aromatic N) is 1. The molecule has 1 radical (unpaired) electrons. The highest BCUT2D eigenvalue weighted by Gasteiger charge is 2.32. The third-order valence-corrected chi connectivity index (χ3v) is 2.05. The highest BCUT2D eigenvalue weighted by atomic mass is 19.4. The molecule has 0 aliphatic heterocycles. The van der Waals surface area contributed by atoms with Crippen LogP contribution in [0.4, 0.5) is 18.9 Å². The van der Waals surface area contributed by atoms with Crippen molar-refractivity contribution in [3.63, 3.8) is 0 Å². The van der Waals surface area contributed by atoms with Crippen molar-refractivity contribution in [3.8, 4) is 5.75 Å². The van der Waals surface area contributed by atoms with Crippen molar-refractivity contribution in [3.05, 3.63) is 40.8 Å². The van der Waals surface area contributed by atoms with E-state index in [1.54, 1.807) is 0 Å². The first-order chi connectivity index (χ1) is 8.23. The van der Waals surface area contributed by atoms with Gasteiger partial charge in [-0.05, 0) is 18.6 Å². The molecule has 5 nitrogen and oxygen atoms in total. The van der Waals surface area contributed by atoms with Crippen LogP contribution in [0.1, 0.15) is 11.5 Å². The van der Waals surface area contributed by atoms with Gasteiger partial charge in [0, 0.05) is 18.6 Å². The molecule has 1 N–H and O–H groups in total. The van der Waals surface area contributed by atoms with Gasteiger partial charge in [-0.25, -0.2) is 0 Å². The van der Waals surface area contributed by atoms with Crippen LogP contribution in [0, 0.1) is 17.0 Å². The summed E-state index contributed by atoms with van der Waals surface area (Å²) in [7, 11) is 0. The van der Waals surface area contributed by atoms with Crippen LogP contribution >= 0.6 is 0 Å². The van der Waals surface area contributed by atoms with E-state index in [4.69, 9.17) is 5.11 Å². The average Bonchev–Trinajstić information content (AvgIpc) is 2.25. The fraction of sp³-hybridized carbons (Fsp3) is 0.300. The average molecular weight is 264 g/mol. The molecule has 8 heteroatoms. The Bertz CT molecular complexity index is 447. The van der Waals surface area contributed by atoms with Crippen molar-refractivity contribution < 1.29 is 27.9 Å². The number of hydrogen-bond donors (Lipinski definition) is 1. The second-order valence-electron chi connectivity index (χ2n) is 3.44. The molecule has 0 aliphatic carbocycles. The zero-order valence-electron chi connectivity index (χ0n) is 8.98. The predicted octanol–water partition coefficient (Wildman–Crippen LogP) is 2.40. The fourth-order valence-corrected chi connectivity index (χ4v) is 1.24. The van der Waals surface area contributed by atoms with E-state index in [1.807, 2.05) is 0 Å². The molecule has 0 fully saturated rings. The number of ether oxygens (including phenoxy) is 1. The number of alkyl halides is 3. The number of benzene rings is 1. The fourth-order valence-electron chi connectivity index (χ4n) is 1.24. The lowest BCUT2D eigenvalue weighted by molar-refractivity contribution is -0.385. The van der Waals surface area contributed by atoms with E-state index in [9.17, 15) is 23.3 Å². The van der Waals surface area contributed by atoms with Gasteiger partial charge in [0.2, 0.25) is 0 Å². The standard InChI is InChI=1S/C10H9F3NO4/c1-6(5-15)7-2-8(14(16)17)4-9(3-7)18-10(11,12)13/h2-4,6,15H,1,5H2.